The summed E-state index contributed by atoms with van der Waals surface area (Å²) in [5.74, 6) is 1.61. The Morgan fingerprint density at radius 1 is 0.241 bits per heavy atom. The topological polar surface area (TPSA) is 58.4 Å². The van der Waals surface area contributed by atoms with Crippen molar-refractivity contribution < 1.29 is 0 Å². The summed E-state index contributed by atoms with van der Waals surface area (Å²) in [7, 11) is -2.96. The molecule has 17 aromatic rings. The maximum Gasteiger partial charge on any atom is 0.240 e. The first kappa shape index (κ1) is 46.9. The van der Waals surface area contributed by atoms with Crippen molar-refractivity contribution in [1.29, 1.82) is 0 Å². The van der Waals surface area contributed by atoms with Crippen LogP contribution in [0.2, 0.25) is 0 Å². The van der Waals surface area contributed by atoms with Crippen LogP contribution in [0.4, 0.5) is 0 Å². The summed E-state index contributed by atoms with van der Waals surface area (Å²) in [6, 6.07) is 108. The zero-order valence-electron chi connectivity index (χ0n) is 44.9. The predicted molar refractivity (Wildman–Crippen MR) is 346 cm³/mol. The molecule has 0 aliphatic carbocycles. The molecule has 0 bridgehead atoms. The van der Waals surface area contributed by atoms with E-state index in [2.05, 4.69) is 316 Å². The lowest BCUT2D eigenvalue weighted by atomic mass is 10.1. The van der Waals surface area contributed by atoms with Crippen molar-refractivity contribution in [1.82, 2.24) is 33.2 Å². The summed E-state index contributed by atoms with van der Waals surface area (Å²) >= 11 is 0. The van der Waals surface area contributed by atoms with Gasteiger partial charge in [-0.05, 0) is 75.3 Å². The predicted octanol–water partition coefficient (Wildman–Crippen LogP) is 15.3. The van der Waals surface area contributed by atoms with E-state index in [1.165, 1.54) is 53.3 Å². The molecule has 8 heteroatoms. The van der Waals surface area contributed by atoms with Gasteiger partial charge < -0.3 is 9.13 Å². The highest BCUT2D eigenvalue weighted by Crippen LogP contribution is 2.42. The Balaban J connectivity index is 0.963. The van der Waals surface area contributed by atoms with E-state index >= 15 is 0 Å². The minimum absolute atomic E-state index is 0.514. The van der Waals surface area contributed by atoms with Gasteiger partial charge in [-0.3, -0.25) is 9.13 Å². The lowest BCUT2D eigenvalue weighted by molar-refractivity contribution is 0.891. The molecule has 5 aromatic heterocycles. The van der Waals surface area contributed by atoms with E-state index in [4.69, 9.17) is 15.0 Å². The largest absolute Gasteiger partial charge is 0.309 e. The minimum atomic E-state index is -2.96. The summed E-state index contributed by atoms with van der Waals surface area (Å²) < 4.78 is 9.38. The Morgan fingerprint density at radius 2 is 0.614 bits per heavy atom. The van der Waals surface area contributed by atoms with Crippen LogP contribution < -0.4 is 20.7 Å². The molecule has 12 aromatic carbocycles. The van der Waals surface area contributed by atoms with Gasteiger partial charge in [0.25, 0.3) is 0 Å². The normalized spacial score (nSPS) is 12.1. The van der Waals surface area contributed by atoms with E-state index in [9.17, 15) is 0 Å². The molecule has 5 heterocycles. The number of hydrogen-bond donors (Lipinski definition) is 0. The van der Waals surface area contributed by atoms with Crippen molar-refractivity contribution in [3.05, 3.63) is 297 Å². The lowest BCUT2D eigenvalue weighted by Crippen LogP contribution is -2.74. The summed E-state index contributed by atoms with van der Waals surface area (Å²) in [6.45, 7) is 0. The Morgan fingerprint density at radius 3 is 1.12 bits per heavy atom. The summed E-state index contributed by atoms with van der Waals surface area (Å²) in [6.07, 6.45) is 0. The number of rotatable bonds is 9. The van der Waals surface area contributed by atoms with E-state index in [0.29, 0.717) is 17.7 Å². The molecule has 0 aliphatic rings. The molecule has 83 heavy (non-hydrogen) atoms. The van der Waals surface area contributed by atoms with Crippen molar-refractivity contribution in [2.45, 2.75) is 0 Å². The Hall–Kier alpha value is -10.9. The van der Waals surface area contributed by atoms with Gasteiger partial charge in [-0.1, -0.05) is 243 Å². The monoisotopic (exact) mass is 1080 g/mol. The fraction of sp³-hybridized carbons (Fsp3) is 0. The Kier molecular flexibility index (Phi) is 10.5. The van der Waals surface area contributed by atoms with Gasteiger partial charge in [-0.15, -0.1) is 0 Å². The molecule has 0 aliphatic heterocycles. The first-order chi connectivity index (χ1) is 41.2. The number of benzene rings is 12. The highest BCUT2D eigenvalue weighted by Gasteiger charge is 2.41. The van der Waals surface area contributed by atoms with E-state index in [1.54, 1.807) is 0 Å². The highest BCUT2D eigenvalue weighted by molar-refractivity contribution is 7.19. The van der Waals surface area contributed by atoms with Crippen molar-refractivity contribution in [3.63, 3.8) is 0 Å². The van der Waals surface area contributed by atoms with E-state index in [1.807, 2.05) is 0 Å². The average Bonchev–Trinajstić information content (AvgIpc) is 2.73. The van der Waals surface area contributed by atoms with Gasteiger partial charge in [0, 0.05) is 54.3 Å². The molecule has 388 valence electrons. The Bertz CT molecular complexity index is 5200. The van der Waals surface area contributed by atoms with E-state index < -0.39 is 8.07 Å². The van der Waals surface area contributed by atoms with Gasteiger partial charge in [0.2, 0.25) is 11.9 Å². The standard InChI is InChI=1S/C75H49N7Si/c1-4-25-52(26-5-1)83(53-27-6-2-7-28-53,54-29-8-3-9-30-54)55-31-22-24-50(48-55)73-76-74(81-67-42-19-13-34-58(67)59-35-14-20-43-68(59)81)78-75(77-73)82-69-44-21-15-37-61(69)63-38-23-45-70(72(63)82)80-66-41-18-12-36-60(66)62-47-46-51(49-71(62)80)79-64-39-16-10-32-56(64)57-33-11-17-40-65(57)79/h1-49H. The number of aromatic nitrogens is 7. The molecular weight excluding hydrogens is 1030 g/mol. The maximum absolute atomic E-state index is 5.74. The van der Waals surface area contributed by atoms with Gasteiger partial charge in [-0.25, -0.2) is 0 Å². The van der Waals surface area contributed by atoms with Crippen LogP contribution in [0.1, 0.15) is 0 Å². The minimum Gasteiger partial charge on any atom is -0.309 e. The SMILES string of the molecule is c1ccc([Si](c2ccccc2)(c2ccccc2)c2cccc(-c3nc(-n4c5ccccc5c5ccccc54)nc(-n4c5ccccc5c5cccc(-n6c7ccccc7c7ccc(-n8c9ccccc9c9ccccc98)cc76)c54)n3)c2)cc1. The molecule has 0 fully saturated rings. The van der Waals surface area contributed by atoms with Crippen LogP contribution in [0.25, 0.3) is 122 Å². The zero-order valence-corrected chi connectivity index (χ0v) is 45.9. The molecule has 0 radical (unpaired) electrons. The van der Waals surface area contributed by atoms with Gasteiger partial charge in [-0.2, -0.15) is 15.0 Å². The van der Waals surface area contributed by atoms with Crippen molar-refractivity contribution in [3.8, 4) is 34.7 Å². The third-order valence-corrected chi connectivity index (χ3v) is 22.0. The van der Waals surface area contributed by atoms with Gasteiger partial charge in [0.05, 0.1) is 49.8 Å². The van der Waals surface area contributed by atoms with Crippen molar-refractivity contribution in [2.24, 2.45) is 0 Å². The van der Waals surface area contributed by atoms with E-state index in [0.717, 1.165) is 71.6 Å². The molecular formula is C75H49N7Si. The van der Waals surface area contributed by atoms with Crippen LogP contribution >= 0.6 is 0 Å². The molecule has 0 N–H and O–H groups in total. The molecule has 7 nitrogen and oxygen atoms in total. The van der Waals surface area contributed by atoms with Crippen LogP contribution in [-0.4, -0.2) is 41.3 Å². The second-order valence-electron chi connectivity index (χ2n) is 21.5. The van der Waals surface area contributed by atoms with Crippen LogP contribution in [-0.2, 0) is 0 Å². The van der Waals surface area contributed by atoms with Crippen LogP contribution in [0.3, 0.4) is 0 Å². The van der Waals surface area contributed by atoms with Crippen LogP contribution in [0.15, 0.2) is 297 Å². The first-order valence-electron chi connectivity index (χ1n) is 28.3. The quantitative estimate of drug-likeness (QED) is 0.107. The van der Waals surface area contributed by atoms with Gasteiger partial charge in [0.15, 0.2) is 13.9 Å². The second-order valence-corrected chi connectivity index (χ2v) is 25.3. The molecule has 0 amide bonds. The highest BCUT2D eigenvalue weighted by atomic mass is 28.3. The summed E-state index contributed by atoms with van der Waals surface area (Å²) in [5.41, 5.74) is 11.5. The summed E-state index contributed by atoms with van der Waals surface area (Å²) in [4.78, 5) is 17.1. The first-order valence-corrected chi connectivity index (χ1v) is 30.3. The second kappa shape index (κ2) is 18.6. The molecule has 17 rings (SSSR count). The number of para-hydroxylation sites is 7. The number of fused-ring (bicyclic) bond motifs is 12. The third kappa shape index (κ3) is 7.00. The third-order valence-electron chi connectivity index (χ3n) is 17.2. The zero-order chi connectivity index (χ0) is 54.6. The summed E-state index contributed by atoms with van der Waals surface area (Å²) in [5, 5.41) is 14.4. The Labute approximate surface area is 478 Å². The average molecular weight is 1080 g/mol. The fourth-order valence-electron chi connectivity index (χ4n) is 13.7. The smallest absolute Gasteiger partial charge is 0.240 e. The van der Waals surface area contributed by atoms with Crippen molar-refractivity contribution in [2.75, 3.05) is 0 Å². The van der Waals surface area contributed by atoms with Crippen LogP contribution in [0.5, 0.6) is 0 Å². The molecule has 0 spiro atoms. The fourth-order valence-corrected chi connectivity index (χ4v) is 18.5. The van der Waals surface area contributed by atoms with E-state index in [-0.39, 0.29) is 0 Å². The molecule has 0 saturated carbocycles. The van der Waals surface area contributed by atoms with Crippen molar-refractivity contribution >= 4 is 116 Å². The van der Waals surface area contributed by atoms with Gasteiger partial charge in [0.1, 0.15) is 0 Å². The maximum atomic E-state index is 5.74. The molecule has 0 unspecified atom stereocenters. The molecule has 0 saturated heterocycles. The lowest BCUT2D eigenvalue weighted by Gasteiger charge is -2.34. The molecule has 0 atom stereocenters. The van der Waals surface area contributed by atoms with Gasteiger partial charge >= 0.3 is 0 Å². The van der Waals surface area contributed by atoms with Crippen LogP contribution in [0, 0.1) is 0 Å². The number of hydrogen-bond acceptors (Lipinski definition) is 3. The number of nitrogens with zero attached hydrogens (tertiary/aromatic N) is 7.